The first-order chi connectivity index (χ1) is 5.95. The zero-order valence-corrected chi connectivity index (χ0v) is 8.88. The number of benzene rings is 1. The predicted octanol–water partition coefficient (Wildman–Crippen LogP) is 2.56. The maximum Gasteiger partial charge on any atom is 0.278 e. The van der Waals surface area contributed by atoms with Crippen LogP contribution in [0.1, 0.15) is 11.1 Å². The summed E-state index contributed by atoms with van der Waals surface area (Å²) < 4.78 is 0.669. The Morgan fingerprint density at radius 1 is 1.46 bits per heavy atom. The van der Waals surface area contributed by atoms with E-state index in [4.69, 9.17) is 5.73 Å². The second-order valence-electron chi connectivity index (χ2n) is 2.80. The zero-order chi connectivity index (χ0) is 10.2. The summed E-state index contributed by atoms with van der Waals surface area (Å²) in [5.74, 6) is 0. The number of anilines is 1. The predicted molar refractivity (Wildman–Crippen MR) is 54.7 cm³/mol. The van der Waals surface area contributed by atoms with Gasteiger partial charge in [-0.25, -0.2) is 0 Å². The van der Waals surface area contributed by atoms with Gasteiger partial charge in [0.05, 0.1) is 4.92 Å². The summed E-state index contributed by atoms with van der Waals surface area (Å²) in [5.41, 5.74) is 7.25. The monoisotopic (exact) mass is 244 g/mol. The molecule has 0 atom stereocenters. The van der Waals surface area contributed by atoms with Crippen molar-refractivity contribution in [2.75, 3.05) is 5.73 Å². The summed E-state index contributed by atoms with van der Waals surface area (Å²) in [6, 6.07) is 1.68. The second kappa shape index (κ2) is 3.33. The van der Waals surface area contributed by atoms with Gasteiger partial charge in [0.15, 0.2) is 0 Å². The molecule has 0 aliphatic heterocycles. The van der Waals surface area contributed by atoms with Gasteiger partial charge in [-0.05, 0) is 19.9 Å². The molecule has 4 nitrogen and oxygen atoms in total. The molecular formula is C8H9BrN2O2. The third-order valence-corrected chi connectivity index (χ3v) is 2.79. The number of nitrogens with zero attached hydrogens (tertiary/aromatic N) is 1. The van der Waals surface area contributed by atoms with E-state index >= 15 is 0 Å². The number of nitrogen functional groups attached to an aromatic ring is 1. The van der Waals surface area contributed by atoms with Crippen molar-refractivity contribution in [3.63, 3.8) is 0 Å². The van der Waals surface area contributed by atoms with E-state index in [1.165, 1.54) is 0 Å². The lowest BCUT2D eigenvalue weighted by molar-refractivity contribution is -0.386. The van der Waals surface area contributed by atoms with Crippen molar-refractivity contribution < 1.29 is 4.92 Å². The minimum absolute atomic E-state index is 0.0897. The fourth-order valence-electron chi connectivity index (χ4n) is 1.16. The van der Waals surface area contributed by atoms with Crippen molar-refractivity contribution in [1.82, 2.24) is 0 Å². The molecule has 0 saturated carbocycles. The molecule has 0 amide bonds. The van der Waals surface area contributed by atoms with Gasteiger partial charge in [-0.1, -0.05) is 15.9 Å². The molecule has 0 radical (unpaired) electrons. The highest BCUT2D eigenvalue weighted by Crippen LogP contribution is 2.33. The maximum atomic E-state index is 10.7. The normalized spacial score (nSPS) is 10.1. The van der Waals surface area contributed by atoms with Gasteiger partial charge >= 0.3 is 0 Å². The molecule has 1 aromatic carbocycles. The lowest BCUT2D eigenvalue weighted by Crippen LogP contribution is -2.00. The first kappa shape index (κ1) is 9.98. The minimum Gasteiger partial charge on any atom is -0.398 e. The molecule has 0 fully saturated rings. The van der Waals surface area contributed by atoms with Gasteiger partial charge in [-0.15, -0.1) is 0 Å². The molecule has 5 heteroatoms. The highest BCUT2D eigenvalue weighted by Gasteiger charge is 2.18. The van der Waals surface area contributed by atoms with Crippen LogP contribution in [0.4, 0.5) is 11.4 Å². The molecule has 0 bridgehead atoms. The first-order valence-electron chi connectivity index (χ1n) is 3.64. The van der Waals surface area contributed by atoms with E-state index in [0.29, 0.717) is 21.3 Å². The number of nitrogens with two attached hydrogens (primary N) is 1. The maximum absolute atomic E-state index is 10.7. The van der Waals surface area contributed by atoms with E-state index in [1.54, 1.807) is 19.9 Å². The van der Waals surface area contributed by atoms with E-state index in [1.807, 2.05) is 0 Å². The molecule has 13 heavy (non-hydrogen) atoms. The summed E-state index contributed by atoms with van der Waals surface area (Å²) in [6.45, 7) is 3.33. The topological polar surface area (TPSA) is 69.2 Å². The van der Waals surface area contributed by atoms with Crippen molar-refractivity contribution in [2.45, 2.75) is 13.8 Å². The summed E-state index contributed by atoms with van der Waals surface area (Å²) >= 11 is 3.21. The smallest absolute Gasteiger partial charge is 0.278 e. The molecule has 0 aliphatic rings. The average molecular weight is 245 g/mol. The summed E-state index contributed by atoms with van der Waals surface area (Å²) in [5, 5.41) is 10.7. The van der Waals surface area contributed by atoms with E-state index in [9.17, 15) is 10.1 Å². The number of halogens is 1. The number of nitro benzene ring substituents is 1. The lowest BCUT2D eigenvalue weighted by Gasteiger charge is -2.06. The zero-order valence-electron chi connectivity index (χ0n) is 7.30. The molecule has 0 aliphatic carbocycles. The minimum atomic E-state index is -0.411. The van der Waals surface area contributed by atoms with E-state index < -0.39 is 4.92 Å². The van der Waals surface area contributed by atoms with Crippen LogP contribution in [0.15, 0.2) is 10.5 Å². The number of rotatable bonds is 1. The summed E-state index contributed by atoms with van der Waals surface area (Å²) in [4.78, 5) is 10.3. The SMILES string of the molecule is Cc1c(N)cc(Br)c(C)c1[N+](=O)[O-]. The Balaban J connectivity index is 3.56. The van der Waals surface area contributed by atoms with Crippen molar-refractivity contribution in [3.05, 3.63) is 31.8 Å². The third kappa shape index (κ3) is 1.65. The highest BCUT2D eigenvalue weighted by atomic mass is 79.9. The Bertz CT molecular complexity index is 351. The standard InChI is InChI=1S/C8H9BrN2O2/c1-4-6(9)3-7(10)5(2)8(4)11(12)13/h3H,10H2,1-2H3. The van der Waals surface area contributed by atoms with Gasteiger partial charge in [0.25, 0.3) is 5.69 Å². The van der Waals surface area contributed by atoms with Crippen molar-refractivity contribution in [2.24, 2.45) is 0 Å². The summed E-state index contributed by atoms with van der Waals surface area (Å²) in [6.07, 6.45) is 0. The Morgan fingerprint density at radius 3 is 2.46 bits per heavy atom. The van der Waals surface area contributed by atoms with Gasteiger partial charge < -0.3 is 5.73 Å². The molecular weight excluding hydrogens is 236 g/mol. The average Bonchev–Trinajstić information content (AvgIpc) is 2.01. The molecule has 0 aromatic heterocycles. The van der Waals surface area contributed by atoms with Crippen LogP contribution in [0, 0.1) is 24.0 Å². The molecule has 0 spiro atoms. The van der Waals surface area contributed by atoms with Gasteiger partial charge in [-0.2, -0.15) is 0 Å². The third-order valence-electron chi connectivity index (χ3n) is 1.97. The van der Waals surface area contributed by atoms with Gasteiger partial charge in [0.1, 0.15) is 0 Å². The molecule has 0 heterocycles. The van der Waals surface area contributed by atoms with E-state index in [-0.39, 0.29) is 5.69 Å². The Kier molecular flexibility index (Phi) is 2.56. The number of nitro groups is 1. The fraction of sp³-hybridized carbons (Fsp3) is 0.250. The highest BCUT2D eigenvalue weighted by molar-refractivity contribution is 9.10. The number of hydrogen-bond donors (Lipinski definition) is 1. The van der Waals surface area contributed by atoms with Crippen molar-refractivity contribution in [3.8, 4) is 0 Å². The van der Waals surface area contributed by atoms with Crippen LogP contribution in [-0.4, -0.2) is 4.92 Å². The van der Waals surface area contributed by atoms with E-state index in [0.717, 1.165) is 0 Å². The van der Waals surface area contributed by atoms with Crippen molar-refractivity contribution >= 4 is 27.3 Å². The molecule has 0 unspecified atom stereocenters. The van der Waals surface area contributed by atoms with Gasteiger partial charge in [0.2, 0.25) is 0 Å². The summed E-state index contributed by atoms with van der Waals surface area (Å²) in [7, 11) is 0. The fourth-order valence-corrected chi connectivity index (χ4v) is 1.59. The van der Waals surface area contributed by atoms with Gasteiger partial charge in [0, 0.05) is 21.3 Å². The molecule has 1 rings (SSSR count). The molecule has 70 valence electrons. The van der Waals surface area contributed by atoms with E-state index in [2.05, 4.69) is 15.9 Å². The largest absolute Gasteiger partial charge is 0.398 e. The van der Waals surface area contributed by atoms with Gasteiger partial charge in [-0.3, -0.25) is 10.1 Å². The van der Waals surface area contributed by atoms with Crippen LogP contribution < -0.4 is 5.73 Å². The molecule has 1 aromatic rings. The quantitative estimate of drug-likeness (QED) is 0.469. The Hall–Kier alpha value is -1.10. The van der Waals surface area contributed by atoms with Crippen molar-refractivity contribution in [1.29, 1.82) is 0 Å². The van der Waals surface area contributed by atoms with Crippen LogP contribution in [0.5, 0.6) is 0 Å². The number of hydrogen-bond acceptors (Lipinski definition) is 3. The lowest BCUT2D eigenvalue weighted by atomic mass is 10.1. The van der Waals surface area contributed by atoms with Crippen LogP contribution >= 0.6 is 15.9 Å². The van der Waals surface area contributed by atoms with Crippen LogP contribution in [0.2, 0.25) is 0 Å². The Morgan fingerprint density at radius 2 is 2.00 bits per heavy atom. The second-order valence-corrected chi connectivity index (χ2v) is 3.66. The molecule has 2 N–H and O–H groups in total. The first-order valence-corrected chi connectivity index (χ1v) is 4.44. The van der Waals surface area contributed by atoms with Crippen LogP contribution in [-0.2, 0) is 0 Å². The van der Waals surface area contributed by atoms with Crippen LogP contribution in [0.25, 0.3) is 0 Å². The Labute approximate surface area is 84.0 Å². The van der Waals surface area contributed by atoms with Crippen LogP contribution in [0.3, 0.4) is 0 Å². The molecule has 0 saturated heterocycles.